The first kappa shape index (κ1) is 29.3. The molecule has 2 aromatic heterocycles. The summed E-state index contributed by atoms with van der Waals surface area (Å²) in [7, 11) is 0. The van der Waals surface area contributed by atoms with E-state index in [9.17, 15) is 27.9 Å². The third-order valence-electron chi connectivity index (χ3n) is 10.7. The molecule has 0 unspecified atom stereocenters. The molecule has 5 fully saturated rings. The number of anilines is 2. The molecule has 0 aromatic carbocycles. The van der Waals surface area contributed by atoms with Gasteiger partial charge in [-0.3, -0.25) is 4.79 Å². The maximum absolute atomic E-state index is 14.4. The van der Waals surface area contributed by atoms with Crippen molar-refractivity contribution in [3.63, 3.8) is 0 Å². The molecule has 0 radical (unpaired) electrons. The Morgan fingerprint density at radius 1 is 1.05 bits per heavy atom. The second-order valence-electron chi connectivity index (χ2n) is 13.3. The topological polar surface area (TPSA) is 114 Å². The second-order valence-corrected chi connectivity index (χ2v) is 13.3. The van der Waals surface area contributed by atoms with Crippen LogP contribution in [0.4, 0.5) is 24.8 Å². The number of carboxylic acids is 1. The van der Waals surface area contributed by atoms with Crippen LogP contribution in [0.2, 0.25) is 0 Å². The summed E-state index contributed by atoms with van der Waals surface area (Å²) in [4.78, 5) is 36.6. The van der Waals surface area contributed by atoms with E-state index in [0.717, 1.165) is 56.7 Å². The van der Waals surface area contributed by atoms with Gasteiger partial charge in [-0.25, -0.2) is 14.8 Å². The first-order valence-electron chi connectivity index (χ1n) is 15.7. The maximum atomic E-state index is 14.4. The summed E-state index contributed by atoms with van der Waals surface area (Å²) in [5.41, 5.74) is -2.53. The molecular weight excluding hydrogens is 577 g/mol. The van der Waals surface area contributed by atoms with Crippen LogP contribution in [0.5, 0.6) is 5.75 Å². The number of aromatic nitrogens is 2. The van der Waals surface area contributed by atoms with Crippen LogP contribution in [0.3, 0.4) is 0 Å². The van der Waals surface area contributed by atoms with Crippen molar-refractivity contribution in [3.05, 3.63) is 41.2 Å². The van der Waals surface area contributed by atoms with Crippen LogP contribution in [0.25, 0.3) is 0 Å². The number of nitrogens with one attached hydrogen (secondary N) is 1. The van der Waals surface area contributed by atoms with Gasteiger partial charge in [0.05, 0.1) is 23.9 Å². The van der Waals surface area contributed by atoms with Gasteiger partial charge in [0.1, 0.15) is 22.9 Å². The number of hydrogen-bond acceptors (Lipinski definition) is 7. The summed E-state index contributed by atoms with van der Waals surface area (Å²) in [5, 5.41) is 13.0. The van der Waals surface area contributed by atoms with Crippen molar-refractivity contribution in [1.29, 1.82) is 0 Å². The number of aliphatic carboxylic acids is 1. The van der Waals surface area contributed by atoms with Crippen LogP contribution < -0.4 is 15.0 Å². The molecule has 2 N–H and O–H groups in total. The Balaban J connectivity index is 1.10. The Kier molecular flexibility index (Phi) is 7.45. The number of ether oxygens (including phenoxy) is 2. The van der Waals surface area contributed by atoms with Crippen LogP contribution in [-0.4, -0.2) is 58.9 Å². The third-order valence-corrected chi connectivity index (χ3v) is 10.7. The Bertz CT molecular complexity index is 1420. The Hall–Kier alpha value is -3.41. The van der Waals surface area contributed by atoms with E-state index in [2.05, 4.69) is 15.3 Å². The zero-order chi connectivity index (χ0) is 30.6. The molecule has 12 heteroatoms. The van der Waals surface area contributed by atoms with E-state index < -0.39 is 34.7 Å². The highest BCUT2D eigenvalue weighted by atomic mass is 19.4. The zero-order valence-corrected chi connectivity index (χ0v) is 24.4. The number of carbonyl (C=O) groups excluding carboxylic acids is 1. The average Bonchev–Trinajstić information content (AvgIpc) is 3.41. The number of hydrogen-bond donors (Lipinski definition) is 2. The fraction of sp³-hybridized carbons (Fsp3) is 0.625. The minimum atomic E-state index is -4.86. The Morgan fingerprint density at radius 3 is 2.41 bits per heavy atom. The molecule has 0 spiro atoms. The molecular formula is C32H37F3N4O5. The van der Waals surface area contributed by atoms with Crippen molar-refractivity contribution in [3.8, 4) is 5.75 Å². The van der Waals surface area contributed by atoms with Crippen LogP contribution in [0.15, 0.2) is 24.5 Å². The lowest BCUT2D eigenvalue weighted by Gasteiger charge is -2.59. The summed E-state index contributed by atoms with van der Waals surface area (Å²) in [6.07, 6.45) is 4.92. The van der Waals surface area contributed by atoms with Gasteiger partial charge in [0.2, 0.25) is 0 Å². The van der Waals surface area contributed by atoms with Gasteiger partial charge in [0.25, 0.3) is 5.91 Å². The monoisotopic (exact) mass is 614 g/mol. The third kappa shape index (κ3) is 5.18. The molecule has 4 bridgehead atoms. The van der Waals surface area contributed by atoms with E-state index in [0.29, 0.717) is 74.6 Å². The first-order chi connectivity index (χ1) is 21.1. The van der Waals surface area contributed by atoms with E-state index in [1.165, 1.54) is 0 Å². The average molecular weight is 615 g/mol. The number of carboxylic acid groups (broad SMARTS) is 1. The molecule has 8 rings (SSSR count). The van der Waals surface area contributed by atoms with Crippen molar-refractivity contribution in [1.82, 2.24) is 15.3 Å². The lowest BCUT2D eigenvalue weighted by Crippen LogP contribution is -2.70. The van der Waals surface area contributed by atoms with Crippen LogP contribution in [0.1, 0.15) is 72.9 Å². The van der Waals surface area contributed by atoms with Crippen molar-refractivity contribution in [2.75, 3.05) is 31.3 Å². The summed E-state index contributed by atoms with van der Waals surface area (Å²) >= 11 is 0. The molecule has 1 amide bonds. The Labute approximate surface area is 253 Å². The number of pyridine rings is 2. The SMILES string of the molecule is O=C(NC1(C(=O)O)C2CC3CC(C2)CC1C3)c1cnc(N2CCc3cc(OCCC4CCOCC4)cnc32)cc1C(F)(F)F. The highest BCUT2D eigenvalue weighted by Gasteiger charge is 2.62. The summed E-state index contributed by atoms with van der Waals surface area (Å²) < 4.78 is 54.6. The lowest BCUT2D eigenvalue weighted by molar-refractivity contribution is -0.163. The molecule has 4 saturated carbocycles. The van der Waals surface area contributed by atoms with E-state index in [-0.39, 0.29) is 17.7 Å². The molecule has 6 aliphatic rings. The van der Waals surface area contributed by atoms with Gasteiger partial charge in [0.15, 0.2) is 0 Å². The molecule has 4 aliphatic carbocycles. The number of halogens is 3. The van der Waals surface area contributed by atoms with E-state index in [1.807, 2.05) is 6.07 Å². The maximum Gasteiger partial charge on any atom is 0.417 e. The number of rotatable bonds is 8. The second kappa shape index (κ2) is 11.2. The van der Waals surface area contributed by atoms with Crippen LogP contribution in [-0.2, 0) is 22.1 Å². The van der Waals surface area contributed by atoms with E-state index in [1.54, 1.807) is 11.1 Å². The van der Waals surface area contributed by atoms with Gasteiger partial charge in [-0.2, -0.15) is 13.2 Å². The van der Waals surface area contributed by atoms with Gasteiger partial charge in [0, 0.05) is 31.5 Å². The minimum absolute atomic E-state index is 0.0240. The highest BCUT2D eigenvalue weighted by Crippen LogP contribution is 2.58. The molecule has 4 heterocycles. The number of carbonyl (C=O) groups is 2. The molecule has 2 aromatic rings. The molecule has 44 heavy (non-hydrogen) atoms. The largest absolute Gasteiger partial charge is 0.492 e. The summed E-state index contributed by atoms with van der Waals surface area (Å²) in [6, 6.07) is 2.74. The quantitative estimate of drug-likeness (QED) is 0.407. The molecule has 1 saturated heterocycles. The van der Waals surface area contributed by atoms with Crippen LogP contribution in [0, 0.1) is 29.6 Å². The molecule has 9 nitrogen and oxygen atoms in total. The normalized spacial score (nSPS) is 29.5. The van der Waals surface area contributed by atoms with Gasteiger partial charge in [-0.1, -0.05) is 0 Å². The van der Waals surface area contributed by atoms with Crippen molar-refractivity contribution in [2.45, 2.75) is 69.5 Å². The van der Waals surface area contributed by atoms with Crippen molar-refractivity contribution < 1.29 is 37.3 Å². The van der Waals surface area contributed by atoms with E-state index >= 15 is 0 Å². The predicted molar refractivity (Wildman–Crippen MR) is 153 cm³/mol. The number of nitrogens with zero attached hydrogens (tertiary/aromatic N) is 3. The standard InChI is InChI=1S/C32H37F3N4O5/c33-32(34,35)26-15-27(39-5-1-21-14-24(16-37-28(21)39)44-8-4-18-2-6-43-7-3-18)36-17-25(26)29(40)38-31(30(41)42)22-10-19-9-20(12-22)13-23(31)11-19/h14-20,22-23H,1-13H2,(H,38,40)(H,41,42). The van der Waals surface area contributed by atoms with E-state index in [4.69, 9.17) is 9.47 Å². The van der Waals surface area contributed by atoms with Crippen LogP contribution >= 0.6 is 0 Å². The predicted octanol–water partition coefficient (Wildman–Crippen LogP) is 5.39. The lowest BCUT2D eigenvalue weighted by atomic mass is 9.48. The first-order valence-corrected chi connectivity index (χ1v) is 15.7. The number of fused-ring (bicyclic) bond motifs is 1. The summed E-state index contributed by atoms with van der Waals surface area (Å²) in [6.45, 7) is 2.49. The van der Waals surface area contributed by atoms with Gasteiger partial charge < -0.3 is 24.8 Å². The fourth-order valence-corrected chi connectivity index (χ4v) is 8.72. The van der Waals surface area contributed by atoms with Gasteiger partial charge in [-0.05, 0) is 99.5 Å². The highest BCUT2D eigenvalue weighted by molar-refractivity contribution is 5.99. The molecule has 0 atom stereocenters. The Morgan fingerprint density at radius 2 is 1.75 bits per heavy atom. The molecule has 2 aliphatic heterocycles. The van der Waals surface area contributed by atoms with Gasteiger partial charge >= 0.3 is 12.1 Å². The van der Waals surface area contributed by atoms with Crippen molar-refractivity contribution in [2.24, 2.45) is 29.6 Å². The summed E-state index contributed by atoms with van der Waals surface area (Å²) in [5.74, 6) is -0.231. The molecule has 236 valence electrons. The minimum Gasteiger partial charge on any atom is -0.492 e. The van der Waals surface area contributed by atoms with Gasteiger partial charge in [-0.15, -0.1) is 0 Å². The zero-order valence-electron chi connectivity index (χ0n) is 24.4. The fourth-order valence-electron chi connectivity index (χ4n) is 8.72. The van der Waals surface area contributed by atoms with Crippen molar-refractivity contribution >= 4 is 23.5 Å². The number of alkyl halides is 3. The smallest absolute Gasteiger partial charge is 0.417 e. The number of amides is 1.